The number of carbonyl (C=O) groups excluding carboxylic acids is 2. The quantitative estimate of drug-likeness (QED) is 0.556. The van der Waals surface area contributed by atoms with Crippen molar-refractivity contribution in [2.24, 2.45) is 5.92 Å². The highest BCUT2D eigenvalue weighted by atomic mass is 32.1. The first-order valence-electron chi connectivity index (χ1n) is 5.13. The number of nitrogens with two attached hydrogens (primary N) is 1. The second kappa shape index (κ2) is 4.69. The van der Waals surface area contributed by atoms with Gasteiger partial charge in [-0.25, -0.2) is 0 Å². The van der Waals surface area contributed by atoms with Crippen molar-refractivity contribution in [2.45, 2.75) is 6.42 Å². The highest BCUT2D eigenvalue weighted by molar-refractivity contribution is 7.71. The Bertz CT molecular complexity index is 557. The maximum Gasteiger partial charge on any atom is 0.311 e. The van der Waals surface area contributed by atoms with E-state index < -0.39 is 11.9 Å². The highest BCUT2D eigenvalue weighted by Gasteiger charge is 2.36. The SMILES string of the molecule is COC(=O)C1CC(=O)N(c2nc(=S)nc(N)[nH]2)C1. The Hall–Kier alpha value is -2.03. The number of esters is 1. The van der Waals surface area contributed by atoms with Crippen molar-refractivity contribution in [3.8, 4) is 0 Å². The predicted molar refractivity (Wildman–Crippen MR) is 64.1 cm³/mol. The number of nitrogens with one attached hydrogen (secondary N) is 1. The lowest BCUT2D eigenvalue weighted by molar-refractivity contribution is -0.145. The van der Waals surface area contributed by atoms with Crippen molar-refractivity contribution < 1.29 is 14.3 Å². The summed E-state index contributed by atoms with van der Waals surface area (Å²) in [4.78, 5) is 34.7. The second-order valence-electron chi connectivity index (χ2n) is 3.77. The molecule has 0 radical (unpaired) electrons. The van der Waals surface area contributed by atoms with Gasteiger partial charge in [-0.05, 0) is 12.2 Å². The number of amides is 1. The van der Waals surface area contributed by atoms with E-state index >= 15 is 0 Å². The van der Waals surface area contributed by atoms with Gasteiger partial charge in [-0.1, -0.05) is 0 Å². The normalized spacial score (nSPS) is 19.1. The molecule has 18 heavy (non-hydrogen) atoms. The molecule has 0 saturated carbocycles. The van der Waals surface area contributed by atoms with Crippen molar-refractivity contribution in [1.29, 1.82) is 0 Å². The summed E-state index contributed by atoms with van der Waals surface area (Å²) in [6, 6.07) is 0. The van der Waals surface area contributed by atoms with E-state index in [1.165, 1.54) is 12.0 Å². The number of hydrogen-bond donors (Lipinski definition) is 2. The van der Waals surface area contributed by atoms with Crippen LogP contribution in [-0.4, -0.2) is 40.5 Å². The first-order valence-corrected chi connectivity index (χ1v) is 5.54. The minimum atomic E-state index is -0.499. The summed E-state index contributed by atoms with van der Waals surface area (Å²) >= 11 is 4.81. The van der Waals surface area contributed by atoms with Crippen LogP contribution in [0.3, 0.4) is 0 Å². The minimum Gasteiger partial charge on any atom is -0.469 e. The van der Waals surface area contributed by atoms with E-state index in [0.29, 0.717) is 0 Å². The Balaban J connectivity index is 2.27. The Morgan fingerprint density at radius 2 is 2.33 bits per heavy atom. The highest BCUT2D eigenvalue weighted by Crippen LogP contribution is 2.23. The van der Waals surface area contributed by atoms with Gasteiger partial charge in [-0.15, -0.1) is 0 Å². The molecule has 9 heteroatoms. The monoisotopic (exact) mass is 269 g/mol. The molecule has 0 spiro atoms. The van der Waals surface area contributed by atoms with Crippen molar-refractivity contribution in [2.75, 3.05) is 24.3 Å². The van der Waals surface area contributed by atoms with E-state index in [1.54, 1.807) is 0 Å². The number of aromatic nitrogens is 3. The molecule has 1 aliphatic heterocycles. The molecule has 0 bridgehead atoms. The number of methoxy groups -OCH3 is 1. The maximum atomic E-state index is 11.8. The van der Waals surface area contributed by atoms with E-state index in [-0.39, 0.29) is 35.5 Å². The lowest BCUT2D eigenvalue weighted by Gasteiger charge is -2.14. The molecule has 2 heterocycles. The average molecular weight is 269 g/mol. The molecule has 1 unspecified atom stereocenters. The lowest BCUT2D eigenvalue weighted by atomic mass is 10.1. The fourth-order valence-corrected chi connectivity index (χ4v) is 1.94. The van der Waals surface area contributed by atoms with Gasteiger partial charge < -0.3 is 10.5 Å². The number of anilines is 2. The summed E-state index contributed by atoms with van der Waals surface area (Å²) < 4.78 is 4.65. The average Bonchev–Trinajstić information content (AvgIpc) is 2.69. The molecule has 3 N–H and O–H groups in total. The molecule has 1 fully saturated rings. The Kier molecular flexibility index (Phi) is 3.24. The summed E-state index contributed by atoms with van der Waals surface area (Å²) in [5.41, 5.74) is 5.49. The molecule has 1 aromatic heterocycles. The number of aromatic amines is 1. The van der Waals surface area contributed by atoms with E-state index in [4.69, 9.17) is 18.0 Å². The van der Waals surface area contributed by atoms with Gasteiger partial charge in [0.25, 0.3) is 0 Å². The van der Waals surface area contributed by atoms with Gasteiger partial charge in [-0.3, -0.25) is 19.5 Å². The number of rotatable bonds is 2. The molecule has 0 aliphatic carbocycles. The largest absolute Gasteiger partial charge is 0.469 e. The fraction of sp³-hybridized carbons (Fsp3) is 0.444. The van der Waals surface area contributed by atoms with Crippen LogP contribution in [0.15, 0.2) is 0 Å². The van der Waals surface area contributed by atoms with Gasteiger partial charge in [0.05, 0.1) is 13.0 Å². The van der Waals surface area contributed by atoms with Crippen molar-refractivity contribution in [3.05, 3.63) is 4.77 Å². The first-order chi connectivity index (χ1) is 8.51. The molecular formula is C9H11N5O3S. The molecule has 1 atom stereocenters. The van der Waals surface area contributed by atoms with E-state index in [1.807, 2.05) is 0 Å². The maximum absolute atomic E-state index is 11.8. The molecule has 1 aromatic rings. The van der Waals surface area contributed by atoms with Crippen LogP contribution >= 0.6 is 12.2 Å². The number of hydrogen-bond acceptors (Lipinski definition) is 7. The third-order valence-electron chi connectivity index (χ3n) is 2.57. The number of nitrogens with zero attached hydrogens (tertiary/aromatic N) is 3. The topological polar surface area (TPSA) is 114 Å². The van der Waals surface area contributed by atoms with Gasteiger partial charge in [0.2, 0.25) is 22.6 Å². The lowest BCUT2D eigenvalue weighted by Crippen LogP contribution is -2.28. The zero-order valence-electron chi connectivity index (χ0n) is 9.54. The third kappa shape index (κ3) is 2.30. The van der Waals surface area contributed by atoms with Crippen LogP contribution in [-0.2, 0) is 14.3 Å². The summed E-state index contributed by atoms with van der Waals surface area (Å²) in [5, 5.41) is 0. The third-order valence-corrected chi connectivity index (χ3v) is 2.76. The predicted octanol–water partition coefficient (Wildman–Crippen LogP) is -0.358. The Morgan fingerprint density at radius 3 is 2.94 bits per heavy atom. The molecule has 1 saturated heterocycles. The molecule has 0 aromatic carbocycles. The summed E-state index contributed by atoms with van der Waals surface area (Å²) in [6.07, 6.45) is 0.0805. The summed E-state index contributed by atoms with van der Waals surface area (Å²) in [7, 11) is 1.28. The zero-order valence-corrected chi connectivity index (χ0v) is 10.4. The Labute approximate surface area is 107 Å². The first kappa shape index (κ1) is 12.4. The van der Waals surface area contributed by atoms with E-state index in [2.05, 4.69) is 19.7 Å². The van der Waals surface area contributed by atoms with Gasteiger partial charge in [0, 0.05) is 13.0 Å². The molecule has 96 valence electrons. The van der Waals surface area contributed by atoms with Crippen LogP contribution in [0.2, 0.25) is 0 Å². The van der Waals surface area contributed by atoms with Crippen LogP contribution in [0.4, 0.5) is 11.9 Å². The smallest absolute Gasteiger partial charge is 0.311 e. The van der Waals surface area contributed by atoms with Crippen LogP contribution in [0.25, 0.3) is 0 Å². The van der Waals surface area contributed by atoms with Crippen molar-refractivity contribution >= 4 is 36.0 Å². The number of carbonyl (C=O) groups is 2. The van der Waals surface area contributed by atoms with Crippen LogP contribution < -0.4 is 10.6 Å². The molecule has 1 aliphatic rings. The number of nitrogen functional groups attached to an aromatic ring is 1. The van der Waals surface area contributed by atoms with E-state index in [9.17, 15) is 9.59 Å². The van der Waals surface area contributed by atoms with Gasteiger partial charge in [0.1, 0.15) is 0 Å². The molecule has 2 rings (SSSR count). The zero-order chi connectivity index (χ0) is 13.3. The van der Waals surface area contributed by atoms with Crippen LogP contribution in [0.5, 0.6) is 0 Å². The Morgan fingerprint density at radius 1 is 1.61 bits per heavy atom. The van der Waals surface area contributed by atoms with Crippen LogP contribution in [0, 0.1) is 10.7 Å². The molecular weight excluding hydrogens is 258 g/mol. The van der Waals surface area contributed by atoms with Crippen molar-refractivity contribution in [1.82, 2.24) is 15.0 Å². The van der Waals surface area contributed by atoms with Gasteiger partial charge in [-0.2, -0.15) is 9.97 Å². The number of H-pyrrole nitrogens is 1. The molecule has 1 amide bonds. The second-order valence-corrected chi connectivity index (χ2v) is 4.13. The van der Waals surface area contributed by atoms with E-state index in [0.717, 1.165) is 0 Å². The summed E-state index contributed by atoms with van der Waals surface area (Å²) in [6.45, 7) is 0.188. The van der Waals surface area contributed by atoms with Crippen LogP contribution in [0.1, 0.15) is 6.42 Å². The molecule has 8 nitrogen and oxygen atoms in total. The number of ether oxygens (including phenoxy) is 1. The minimum absolute atomic E-state index is 0.0376. The van der Waals surface area contributed by atoms with Gasteiger partial charge in [0.15, 0.2) is 0 Å². The van der Waals surface area contributed by atoms with Gasteiger partial charge >= 0.3 is 5.97 Å². The summed E-state index contributed by atoms with van der Waals surface area (Å²) in [5.74, 6) is -0.899. The van der Waals surface area contributed by atoms with Crippen molar-refractivity contribution in [3.63, 3.8) is 0 Å². The standard InChI is InChI=1S/C9H11N5O3S/c1-17-6(16)4-2-5(15)14(3-4)8-11-7(10)12-9(18)13-8/h4H,2-3H2,1H3,(H3,10,11,12,13,18). The fourth-order valence-electron chi connectivity index (χ4n) is 1.75.